The lowest BCUT2D eigenvalue weighted by Crippen LogP contribution is -2.40. The number of hydrogen-bond donors (Lipinski definition) is 1. The maximum atomic E-state index is 5.38. The maximum absolute atomic E-state index is 5.38. The van der Waals surface area contributed by atoms with Crippen LogP contribution in [0.3, 0.4) is 0 Å². The Hall–Kier alpha value is -1.81. The van der Waals surface area contributed by atoms with E-state index in [9.17, 15) is 0 Å². The van der Waals surface area contributed by atoms with Gasteiger partial charge in [0.05, 0.1) is 19.2 Å². The van der Waals surface area contributed by atoms with Gasteiger partial charge in [-0.1, -0.05) is 6.42 Å². The van der Waals surface area contributed by atoms with Gasteiger partial charge in [0.2, 0.25) is 0 Å². The van der Waals surface area contributed by atoms with E-state index in [4.69, 9.17) is 14.5 Å². The van der Waals surface area contributed by atoms with Crippen molar-refractivity contribution in [2.45, 2.75) is 26.2 Å². The van der Waals surface area contributed by atoms with Gasteiger partial charge < -0.3 is 14.8 Å². The molecule has 0 saturated heterocycles. The normalized spacial score (nSPS) is 16.3. The maximum Gasteiger partial charge on any atom is 0.126 e. The quantitative estimate of drug-likeness (QED) is 0.881. The molecule has 1 aliphatic rings. The highest BCUT2D eigenvalue weighted by Crippen LogP contribution is 2.41. The number of nitrogens with one attached hydrogen (secondary N) is 1. The number of benzene rings is 1. The summed E-state index contributed by atoms with van der Waals surface area (Å²) < 4.78 is 10.7. The van der Waals surface area contributed by atoms with Crippen LogP contribution in [0.25, 0.3) is 10.9 Å². The third kappa shape index (κ3) is 2.88. The number of hydrogen-bond acceptors (Lipinski definition) is 4. The molecule has 0 atom stereocenters. The summed E-state index contributed by atoms with van der Waals surface area (Å²) in [6.45, 7) is 3.86. The summed E-state index contributed by atoms with van der Waals surface area (Å²) >= 11 is 0. The summed E-state index contributed by atoms with van der Waals surface area (Å²) in [6, 6.07) is 8.15. The number of aryl methyl sites for hydroxylation is 1. The summed E-state index contributed by atoms with van der Waals surface area (Å²) in [6.07, 6.45) is 3.76. The molecule has 0 bridgehead atoms. The molecule has 0 spiro atoms. The van der Waals surface area contributed by atoms with Crippen molar-refractivity contribution in [3.8, 4) is 5.75 Å². The molecule has 1 saturated carbocycles. The molecule has 1 N–H and O–H groups in total. The second-order valence-corrected chi connectivity index (χ2v) is 6.35. The summed E-state index contributed by atoms with van der Waals surface area (Å²) in [5.41, 5.74) is 2.48. The van der Waals surface area contributed by atoms with Crippen molar-refractivity contribution in [1.82, 2.24) is 4.98 Å². The lowest BCUT2D eigenvalue weighted by molar-refractivity contribution is 0.0282. The number of aromatic nitrogens is 1. The number of fused-ring (bicyclic) bond motifs is 1. The van der Waals surface area contributed by atoms with Crippen LogP contribution in [-0.2, 0) is 4.74 Å². The second kappa shape index (κ2) is 6.13. The molecule has 0 unspecified atom stereocenters. The van der Waals surface area contributed by atoms with Gasteiger partial charge in [0.15, 0.2) is 0 Å². The molecular weight excluding hydrogens is 276 g/mol. The Morgan fingerprint density at radius 2 is 2.05 bits per heavy atom. The third-order valence-electron chi connectivity index (χ3n) is 4.73. The van der Waals surface area contributed by atoms with Crippen molar-refractivity contribution < 1.29 is 9.47 Å². The topological polar surface area (TPSA) is 43.4 Å². The van der Waals surface area contributed by atoms with Crippen LogP contribution in [0, 0.1) is 12.3 Å². The predicted octanol–water partition coefficient (Wildman–Crippen LogP) is 3.78. The Morgan fingerprint density at radius 1 is 1.23 bits per heavy atom. The van der Waals surface area contributed by atoms with Crippen LogP contribution in [0.1, 0.15) is 24.8 Å². The summed E-state index contributed by atoms with van der Waals surface area (Å²) in [5, 5.41) is 4.68. The summed E-state index contributed by atoms with van der Waals surface area (Å²) in [4.78, 5) is 4.73. The van der Waals surface area contributed by atoms with E-state index >= 15 is 0 Å². The number of methoxy groups -OCH3 is 2. The Morgan fingerprint density at radius 3 is 2.68 bits per heavy atom. The fourth-order valence-electron chi connectivity index (χ4n) is 3.23. The van der Waals surface area contributed by atoms with Gasteiger partial charge in [0.1, 0.15) is 11.6 Å². The van der Waals surface area contributed by atoms with Gasteiger partial charge in [-0.05, 0) is 43.5 Å². The zero-order chi connectivity index (χ0) is 15.6. The fourth-order valence-corrected chi connectivity index (χ4v) is 3.23. The van der Waals surface area contributed by atoms with Crippen molar-refractivity contribution in [2.24, 2.45) is 5.41 Å². The monoisotopic (exact) mass is 300 g/mol. The first-order valence-electron chi connectivity index (χ1n) is 7.84. The highest BCUT2D eigenvalue weighted by Gasteiger charge is 2.36. The van der Waals surface area contributed by atoms with E-state index in [0.29, 0.717) is 0 Å². The third-order valence-corrected chi connectivity index (χ3v) is 4.73. The average Bonchev–Trinajstić information content (AvgIpc) is 2.49. The van der Waals surface area contributed by atoms with Gasteiger partial charge in [-0.3, -0.25) is 0 Å². The van der Waals surface area contributed by atoms with E-state index in [1.807, 2.05) is 12.1 Å². The van der Waals surface area contributed by atoms with Gasteiger partial charge in [0, 0.05) is 30.5 Å². The number of pyridine rings is 1. The van der Waals surface area contributed by atoms with E-state index in [1.54, 1.807) is 14.2 Å². The van der Waals surface area contributed by atoms with E-state index in [-0.39, 0.29) is 5.41 Å². The van der Waals surface area contributed by atoms with E-state index in [1.165, 1.54) is 30.2 Å². The average molecular weight is 300 g/mol. The van der Waals surface area contributed by atoms with Gasteiger partial charge >= 0.3 is 0 Å². The second-order valence-electron chi connectivity index (χ2n) is 6.35. The van der Waals surface area contributed by atoms with Gasteiger partial charge in [0.25, 0.3) is 0 Å². The van der Waals surface area contributed by atoms with E-state index in [2.05, 4.69) is 24.4 Å². The molecule has 0 aliphatic heterocycles. The molecule has 0 radical (unpaired) electrons. The highest BCUT2D eigenvalue weighted by molar-refractivity contribution is 5.85. The first-order chi connectivity index (χ1) is 10.7. The number of rotatable bonds is 6. The highest BCUT2D eigenvalue weighted by atomic mass is 16.5. The van der Waals surface area contributed by atoms with Gasteiger partial charge in [-0.25, -0.2) is 4.98 Å². The molecule has 1 heterocycles. The van der Waals surface area contributed by atoms with Crippen LogP contribution in [0.15, 0.2) is 24.3 Å². The number of ether oxygens (including phenoxy) is 2. The van der Waals surface area contributed by atoms with Crippen molar-refractivity contribution in [2.75, 3.05) is 32.7 Å². The van der Waals surface area contributed by atoms with Crippen LogP contribution in [0.5, 0.6) is 5.75 Å². The summed E-state index contributed by atoms with van der Waals surface area (Å²) in [5.74, 6) is 1.77. The van der Waals surface area contributed by atoms with E-state index < -0.39 is 0 Å². The summed E-state index contributed by atoms with van der Waals surface area (Å²) in [7, 11) is 3.46. The molecule has 1 aromatic carbocycles. The Labute approximate surface area is 131 Å². The molecule has 1 fully saturated rings. The van der Waals surface area contributed by atoms with Gasteiger partial charge in [-0.2, -0.15) is 0 Å². The molecule has 22 heavy (non-hydrogen) atoms. The van der Waals surface area contributed by atoms with Crippen LogP contribution < -0.4 is 10.1 Å². The van der Waals surface area contributed by atoms with Crippen molar-refractivity contribution in [3.63, 3.8) is 0 Å². The van der Waals surface area contributed by atoms with Crippen LogP contribution in [-0.4, -0.2) is 32.4 Å². The minimum absolute atomic E-state index is 0.285. The van der Waals surface area contributed by atoms with Crippen LogP contribution >= 0.6 is 0 Å². The van der Waals surface area contributed by atoms with Crippen LogP contribution in [0.2, 0.25) is 0 Å². The molecule has 118 valence electrons. The van der Waals surface area contributed by atoms with Crippen molar-refractivity contribution >= 4 is 16.7 Å². The molecule has 2 aromatic rings. The number of nitrogens with zero attached hydrogens (tertiary/aromatic N) is 1. The molecule has 1 aliphatic carbocycles. The number of anilines is 1. The predicted molar refractivity (Wildman–Crippen MR) is 89.7 cm³/mol. The zero-order valence-corrected chi connectivity index (χ0v) is 13.6. The smallest absolute Gasteiger partial charge is 0.126 e. The standard InChI is InChI=1S/C18H24N2O2/c1-13-9-17(19-11-18(12-21-2)7-4-8-18)20-16-10-14(22-3)5-6-15(13)16/h5-6,9-10H,4,7-8,11-12H2,1-3H3,(H,19,20). The van der Waals surface area contributed by atoms with E-state index in [0.717, 1.165) is 30.2 Å². The van der Waals surface area contributed by atoms with Gasteiger partial charge in [-0.15, -0.1) is 0 Å². The molecule has 0 amide bonds. The largest absolute Gasteiger partial charge is 0.497 e. The van der Waals surface area contributed by atoms with Crippen molar-refractivity contribution in [1.29, 1.82) is 0 Å². The fraction of sp³-hybridized carbons (Fsp3) is 0.500. The Bertz CT molecular complexity index is 665. The molecular formula is C18H24N2O2. The minimum atomic E-state index is 0.285. The molecule has 1 aromatic heterocycles. The SMILES string of the molecule is COCC1(CNc2cc(C)c3ccc(OC)cc3n2)CCC1. The Balaban J connectivity index is 1.81. The minimum Gasteiger partial charge on any atom is -0.497 e. The first kappa shape index (κ1) is 15.1. The first-order valence-corrected chi connectivity index (χ1v) is 7.84. The lowest BCUT2D eigenvalue weighted by atomic mass is 9.69. The lowest BCUT2D eigenvalue weighted by Gasteiger charge is -2.41. The zero-order valence-electron chi connectivity index (χ0n) is 13.6. The molecule has 4 heteroatoms. The Kier molecular flexibility index (Phi) is 4.21. The molecule has 3 rings (SSSR count). The molecule has 4 nitrogen and oxygen atoms in total. The van der Waals surface area contributed by atoms with Crippen molar-refractivity contribution in [3.05, 3.63) is 29.8 Å². The van der Waals surface area contributed by atoms with Crippen LogP contribution in [0.4, 0.5) is 5.82 Å².